The number of allylic oxidation sites excluding steroid dienone is 1. The average molecular weight is 480 g/mol. The van der Waals surface area contributed by atoms with E-state index >= 15 is 0 Å². The van der Waals surface area contributed by atoms with E-state index < -0.39 is 12.6 Å². The molecule has 3 aliphatic rings. The van der Waals surface area contributed by atoms with E-state index in [4.69, 9.17) is 14.5 Å². The van der Waals surface area contributed by atoms with Crippen molar-refractivity contribution in [1.82, 2.24) is 9.80 Å². The molecule has 4 rings (SSSR count). The zero-order valence-corrected chi connectivity index (χ0v) is 19.5. The van der Waals surface area contributed by atoms with Crippen molar-refractivity contribution in [3.05, 3.63) is 47.2 Å². The van der Waals surface area contributed by atoms with Crippen LogP contribution in [0.2, 0.25) is 0 Å². The van der Waals surface area contributed by atoms with Crippen molar-refractivity contribution in [2.45, 2.75) is 37.8 Å². The van der Waals surface area contributed by atoms with Crippen LogP contribution in [0.15, 0.2) is 41.0 Å². The number of methoxy groups -OCH3 is 1. The Morgan fingerprint density at radius 3 is 2.68 bits per heavy atom. The molecule has 2 amide bonds. The Bertz CT molecular complexity index is 925. The van der Waals surface area contributed by atoms with Gasteiger partial charge in [-0.1, -0.05) is 30.3 Å². The molecule has 0 aliphatic carbocycles. The number of nitrogens with zero attached hydrogens (tertiary/aromatic N) is 3. The number of rotatable bonds is 6. The van der Waals surface area contributed by atoms with Crippen LogP contribution in [0.3, 0.4) is 0 Å². The largest absolute Gasteiger partial charge is 0.393 e. The number of carbonyl (C=O) groups excluding carboxylic acids is 1. The highest BCUT2D eigenvalue weighted by Gasteiger charge is 2.36. The van der Waals surface area contributed by atoms with Gasteiger partial charge in [0.15, 0.2) is 0 Å². The van der Waals surface area contributed by atoms with E-state index in [9.17, 15) is 18.0 Å². The Labute approximate surface area is 198 Å². The highest BCUT2D eigenvalue weighted by atomic mass is 19.4. The van der Waals surface area contributed by atoms with Gasteiger partial charge in [-0.15, -0.1) is 0 Å². The van der Waals surface area contributed by atoms with Gasteiger partial charge in [0, 0.05) is 69.4 Å². The summed E-state index contributed by atoms with van der Waals surface area (Å²) in [4.78, 5) is 21.8. The van der Waals surface area contributed by atoms with Crippen molar-refractivity contribution in [3.8, 4) is 0 Å². The van der Waals surface area contributed by atoms with Gasteiger partial charge >= 0.3 is 12.2 Å². The van der Waals surface area contributed by atoms with Crippen molar-refractivity contribution in [3.63, 3.8) is 0 Å². The van der Waals surface area contributed by atoms with Crippen molar-refractivity contribution in [2.24, 2.45) is 10.9 Å². The van der Waals surface area contributed by atoms with Crippen molar-refractivity contribution < 1.29 is 27.4 Å². The number of hydrogen-bond acceptors (Lipinski definition) is 4. The second kappa shape index (κ2) is 10.9. The first-order valence-electron chi connectivity index (χ1n) is 11.8. The molecule has 0 spiro atoms. The van der Waals surface area contributed by atoms with E-state index in [1.54, 1.807) is 19.2 Å². The summed E-state index contributed by atoms with van der Waals surface area (Å²) in [5, 5.41) is 0. The molecule has 186 valence electrons. The summed E-state index contributed by atoms with van der Waals surface area (Å²) < 4.78 is 49.5. The number of halogens is 3. The molecule has 2 unspecified atom stereocenters. The number of likely N-dealkylation sites (tertiary alicyclic amines) is 1. The Kier molecular flexibility index (Phi) is 7.93. The lowest BCUT2D eigenvalue weighted by Gasteiger charge is -2.41. The van der Waals surface area contributed by atoms with Crippen LogP contribution in [0.5, 0.6) is 0 Å². The summed E-state index contributed by atoms with van der Waals surface area (Å²) in [6.45, 7) is 3.80. The van der Waals surface area contributed by atoms with Gasteiger partial charge in [0.25, 0.3) is 0 Å². The Hall–Kier alpha value is -2.39. The number of carbonyl (C=O) groups is 1. The van der Waals surface area contributed by atoms with Crippen LogP contribution < -0.4 is 0 Å². The number of piperidine rings is 1. The smallest absolute Gasteiger partial charge is 0.384 e. The molecular formula is C25H32F3N3O3. The number of hydrogen-bond donors (Lipinski definition) is 0. The number of urea groups is 1. The zero-order valence-electron chi connectivity index (χ0n) is 19.5. The molecule has 1 aromatic rings. The SMILES string of the molecule is COCCC1=CCC(C2CC(c3cccc(CC(F)(F)F)c3)CN(C(=O)N3CCOCC3)C2)=N1. The third-order valence-electron chi connectivity index (χ3n) is 6.70. The molecule has 0 radical (unpaired) electrons. The van der Waals surface area contributed by atoms with Crippen molar-refractivity contribution in [2.75, 3.05) is 53.1 Å². The molecule has 0 N–H and O–H groups in total. The second-order valence-electron chi connectivity index (χ2n) is 9.20. The predicted octanol–water partition coefficient (Wildman–Crippen LogP) is 4.41. The third-order valence-corrected chi connectivity index (χ3v) is 6.70. The number of amides is 2. The van der Waals surface area contributed by atoms with Crippen LogP contribution >= 0.6 is 0 Å². The first kappa shape index (κ1) is 24.7. The predicted molar refractivity (Wildman–Crippen MR) is 123 cm³/mol. The average Bonchev–Trinajstić information content (AvgIpc) is 3.31. The van der Waals surface area contributed by atoms with E-state index in [1.807, 2.05) is 15.9 Å². The number of alkyl halides is 3. The van der Waals surface area contributed by atoms with E-state index in [-0.39, 0.29) is 23.4 Å². The third kappa shape index (κ3) is 6.39. The number of morpholine rings is 1. The van der Waals surface area contributed by atoms with Crippen LogP contribution in [0.25, 0.3) is 0 Å². The molecule has 0 saturated carbocycles. The molecule has 2 atom stereocenters. The molecule has 2 fully saturated rings. The first-order chi connectivity index (χ1) is 16.3. The van der Waals surface area contributed by atoms with Gasteiger partial charge in [-0.05, 0) is 17.5 Å². The fraction of sp³-hybridized carbons (Fsp3) is 0.600. The molecule has 0 aromatic heterocycles. The standard InChI is InChI=1S/C25H32F3N3O3/c1-33-10-7-22-5-6-23(29-22)21-14-20(19-4-2-3-18(13-19)15-25(26,27)28)16-31(17-21)24(32)30-8-11-34-12-9-30/h2-5,13,20-21H,6-12,14-17H2,1H3. The number of ether oxygens (including phenoxy) is 2. The normalized spacial score (nSPS) is 23.6. The van der Waals surface area contributed by atoms with E-state index in [2.05, 4.69) is 6.08 Å². The topological polar surface area (TPSA) is 54.4 Å². The molecule has 34 heavy (non-hydrogen) atoms. The number of benzene rings is 1. The van der Waals surface area contributed by atoms with Crippen LogP contribution in [0.4, 0.5) is 18.0 Å². The summed E-state index contributed by atoms with van der Waals surface area (Å²) in [5.74, 6) is 0.00829. The molecular weight excluding hydrogens is 447 g/mol. The summed E-state index contributed by atoms with van der Waals surface area (Å²) in [6, 6.07) is 6.70. The van der Waals surface area contributed by atoms with Gasteiger partial charge in [-0.25, -0.2) is 4.79 Å². The molecule has 3 heterocycles. The molecule has 1 aromatic carbocycles. The van der Waals surface area contributed by atoms with Gasteiger partial charge in [0.2, 0.25) is 0 Å². The zero-order chi connectivity index (χ0) is 24.1. The minimum Gasteiger partial charge on any atom is -0.384 e. The molecule has 9 heteroatoms. The summed E-state index contributed by atoms with van der Waals surface area (Å²) >= 11 is 0. The monoisotopic (exact) mass is 479 g/mol. The van der Waals surface area contributed by atoms with Crippen molar-refractivity contribution in [1.29, 1.82) is 0 Å². The summed E-state index contributed by atoms with van der Waals surface area (Å²) in [5.41, 5.74) is 3.14. The number of aliphatic imine (C=N–C) groups is 1. The van der Waals surface area contributed by atoms with Crippen LogP contribution in [-0.2, 0) is 15.9 Å². The van der Waals surface area contributed by atoms with Crippen LogP contribution in [-0.4, -0.2) is 80.8 Å². The molecule has 3 aliphatic heterocycles. The van der Waals surface area contributed by atoms with Gasteiger partial charge in [0.05, 0.1) is 26.2 Å². The molecule has 0 bridgehead atoms. The minimum atomic E-state index is -4.26. The second-order valence-corrected chi connectivity index (χ2v) is 9.20. The minimum absolute atomic E-state index is 0.0318. The molecule has 2 saturated heterocycles. The Morgan fingerprint density at radius 2 is 1.94 bits per heavy atom. The maximum atomic E-state index is 13.3. The van der Waals surface area contributed by atoms with Crippen LogP contribution in [0.1, 0.15) is 36.3 Å². The van der Waals surface area contributed by atoms with E-state index in [0.29, 0.717) is 46.0 Å². The van der Waals surface area contributed by atoms with E-state index in [1.165, 1.54) is 6.07 Å². The summed E-state index contributed by atoms with van der Waals surface area (Å²) in [6.07, 6.45) is -0.860. The Morgan fingerprint density at radius 1 is 1.18 bits per heavy atom. The van der Waals surface area contributed by atoms with Gasteiger partial charge < -0.3 is 19.3 Å². The quantitative estimate of drug-likeness (QED) is 0.607. The molecule has 6 nitrogen and oxygen atoms in total. The lowest BCUT2D eigenvalue weighted by molar-refractivity contribution is -0.127. The lowest BCUT2D eigenvalue weighted by Crippen LogP contribution is -2.53. The van der Waals surface area contributed by atoms with Gasteiger partial charge in [-0.2, -0.15) is 13.2 Å². The highest BCUT2D eigenvalue weighted by Crippen LogP contribution is 2.35. The highest BCUT2D eigenvalue weighted by molar-refractivity contribution is 5.91. The fourth-order valence-corrected chi connectivity index (χ4v) is 5.00. The van der Waals surface area contributed by atoms with Crippen molar-refractivity contribution >= 4 is 11.7 Å². The maximum absolute atomic E-state index is 13.3. The lowest BCUT2D eigenvalue weighted by atomic mass is 9.81. The Balaban J connectivity index is 1.55. The van der Waals surface area contributed by atoms with Gasteiger partial charge in [-0.3, -0.25) is 4.99 Å². The van der Waals surface area contributed by atoms with Crippen LogP contribution in [0, 0.1) is 5.92 Å². The summed E-state index contributed by atoms with van der Waals surface area (Å²) in [7, 11) is 1.66. The van der Waals surface area contributed by atoms with E-state index in [0.717, 1.165) is 36.2 Å². The fourth-order valence-electron chi connectivity index (χ4n) is 5.00. The maximum Gasteiger partial charge on any atom is 0.393 e. The first-order valence-corrected chi connectivity index (χ1v) is 11.8. The van der Waals surface area contributed by atoms with Gasteiger partial charge in [0.1, 0.15) is 0 Å².